The van der Waals surface area contributed by atoms with Crippen LogP contribution in [-0.2, 0) is 9.59 Å². The average molecular weight is 371 g/mol. The number of rotatable bonds is 4. The number of nitrogens with zero attached hydrogens (tertiary/aromatic N) is 1. The standard InChI is InChI=1S/C17H20Cl2N2O3/c18-13-6-5-12(9-14(13)19)21-8-7-15(16(21)22)20-11-3-1-10(2-4-11)17(23)24/h5-6,9-11,15,20H,1-4,7-8H2,(H,23,24). The van der Waals surface area contributed by atoms with E-state index in [4.69, 9.17) is 28.3 Å². The van der Waals surface area contributed by atoms with Crippen molar-refractivity contribution in [1.29, 1.82) is 0 Å². The molecule has 1 aromatic rings. The van der Waals surface area contributed by atoms with Crippen molar-refractivity contribution in [3.8, 4) is 0 Å². The van der Waals surface area contributed by atoms with Crippen molar-refractivity contribution in [2.75, 3.05) is 11.4 Å². The Morgan fingerprint density at radius 2 is 1.83 bits per heavy atom. The molecule has 1 aromatic carbocycles. The number of halogens is 2. The summed E-state index contributed by atoms with van der Waals surface area (Å²) in [5.41, 5.74) is 0.758. The zero-order chi connectivity index (χ0) is 17.3. The second-order valence-electron chi connectivity index (χ2n) is 6.48. The summed E-state index contributed by atoms with van der Waals surface area (Å²) in [6, 6.07) is 5.20. The van der Waals surface area contributed by atoms with Crippen molar-refractivity contribution in [1.82, 2.24) is 5.32 Å². The van der Waals surface area contributed by atoms with Crippen molar-refractivity contribution in [3.63, 3.8) is 0 Å². The molecule has 1 heterocycles. The molecule has 2 N–H and O–H groups in total. The highest BCUT2D eigenvalue weighted by Gasteiger charge is 2.35. The minimum Gasteiger partial charge on any atom is -0.481 e. The van der Waals surface area contributed by atoms with Crippen molar-refractivity contribution >= 4 is 40.8 Å². The lowest BCUT2D eigenvalue weighted by molar-refractivity contribution is -0.143. The molecule has 130 valence electrons. The second-order valence-corrected chi connectivity index (χ2v) is 7.30. The van der Waals surface area contributed by atoms with Crippen LogP contribution in [0.25, 0.3) is 0 Å². The van der Waals surface area contributed by atoms with E-state index in [9.17, 15) is 9.59 Å². The average Bonchev–Trinajstić information content (AvgIpc) is 2.91. The van der Waals surface area contributed by atoms with Gasteiger partial charge >= 0.3 is 5.97 Å². The molecular weight excluding hydrogens is 351 g/mol. The molecular formula is C17H20Cl2N2O3. The van der Waals surface area contributed by atoms with E-state index in [1.165, 1.54) is 0 Å². The third-order valence-corrected chi connectivity index (χ3v) is 5.67. The maximum Gasteiger partial charge on any atom is 0.306 e. The molecule has 1 amide bonds. The topological polar surface area (TPSA) is 69.6 Å². The van der Waals surface area contributed by atoms with E-state index in [0.717, 1.165) is 24.9 Å². The summed E-state index contributed by atoms with van der Waals surface area (Å²) < 4.78 is 0. The van der Waals surface area contributed by atoms with Crippen LogP contribution in [0.3, 0.4) is 0 Å². The second kappa shape index (κ2) is 7.30. The molecule has 0 radical (unpaired) electrons. The van der Waals surface area contributed by atoms with Gasteiger partial charge in [0.25, 0.3) is 0 Å². The van der Waals surface area contributed by atoms with Crippen LogP contribution in [0.4, 0.5) is 5.69 Å². The predicted molar refractivity (Wildman–Crippen MR) is 93.7 cm³/mol. The molecule has 1 aliphatic heterocycles. The summed E-state index contributed by atoms with van der Waals surface area (Å²) in [6.45, 7) is 0.638. The van der Waals surface area contributed by atoms with Gasteiger partial charge in [0.05, 0.1) is 22.0 Å². The highest BCUT2D eigenvalue weighted by atomic mass is 35.5. The Morgan fingerprint density at radius 1 is 1.12 bits per heavy atom. The van der Waals surface area contributed by atoms with Crippen molar-refractivity contribution < 1.29 is 14.7 Å². The summed E-state index contributed by atoms with van der Waals surface area (Å²) in [7, 11) is 0. The fraction of sp³-hybridized carbons (Fsp3) is 0.529. The number of carbonyl (C=O) groups excluding carboxylic acids is 1. The van der Waals surface area contributed by atoms with Gasteiger partial charge in [-0.15, -0.1) is 0 Å². The summed E-state index contributed by atoms with van der Waals surface area (Å²) in [5.74, 6) is -0.917. The summed E-state index contributed by atoms with van der Waals surface area (Å²) in [6.07, 6.45) is 3.67. The maximum absolute atomic E-state index is 12.6. The van der Waals surface area contributed by atoms with Gasteiger partial charge in [-0.05, 0) is 50.3 Å². The number of anilines is 1. The van der Waals surface area contributed by atoms with Crippen molar-refractivity contribution in [2.45, 2.75) is 44.2 Å². The van der Waals surface area contributed by atoms with Crippen LogP contribution in [0.2, 0.25) is 10.0 Å². The third-order valence-electron chi connectivity index (χ3n) is 4.93. The van der Waals surface area contributed by atoms with Crippen molar-refractivity contribution in [3.05, 3.63) is 28.2 Å². The zero-order valence-corrected chi connectivity index (χ0v) is 14.7. The van der Waals surface area contributed by atoms with Crippen molar-refractivity contribution in [2.24, 2.45) is 5.92 Å². The lowest BCUT2D eigenvalue weighted by atomic mass is 9.86. The molecule has 0 bridgehead atoms. The molecule has 1 aliphatic carbocycles. The molecule has 0 aromatic heterocycles. The molecule has 2 aliphatic rings. The number of amides is 1. The molecule has 1 atom stereocenters. The van der Waals surface area contributed by atoms with Crippen LogP contribution in [0, 0.1) is 5.92 Å². The largest absolute Gasteiger partial charge is 0.481 e. The first-order valence-electron chi connectivity index (χ1n) is 8.21. The zero-order valence-electron chi connectivity index (χ0n) is 13.2. The summed E-state index contributed by atoms with van der Waals surface area (Å²) in [5, 5.41) is 13.4. The quantitative estimate of drug-likeness (QED) is 0.852. The normalized spacial score (nSPS) is 27.5. The Kier molecular flexibility index (Phi) is 5.33. The number of carboxylic acid groups (broad SMARTS) is 1. The van der Waals surface area contributed by atoms with E-state index in [1.54, 1.807) is 23.1 Å². The number of nitrogens with one attached hydrogen (secondary N) is 1. The van der Waals surface area contributed by atoms with Crippen LogP contribution in [-0.4, -0.2) is 35.6 Å². The van der Waals surface area contributed by atoms with Crippen LogP contribution < -0.4 is 10.2 Å². The Morgan fingerprint density at radius 3 is 2.46 bits per heavy atom. The Balaban J connectivity index is 1.58. The van der Waals surface area contributed by atoms with E-state index in [1.807, 2.05) is 0 Å². The van der Waals surface area contributed by atoms with E-state index in [2.05, 4.69) is 5.32 Å². The maximum atomic E-state index is 12.6. The molecule has 1 saturated carbocycles. The monoisotopic (exact) mass is 370 g/mol. The first kappa shape index (κ1) is 17.5. The van der Waals surface area contributed by atoms with Gasteiger partial charge in [0.15, 0.2) is 0 Å². The lowest BCUT2D eigenvalue weighted by Gasteiger charge is -2.29. The van der Waals surface area contributed by atoms with E-state index >= 15 is 0 Å². The van der Waals surface area contributed by atoms with Gasteiger partial charge in [-0.2, -0.15) is 0 Å². The number of benzene rings is 1. The fourth-order valence-corrected chi connectivity index (χ4v) is 3.83. The van der Waals surface area contributed by atoms with E-state index in [-0.39, 0.29) is 23.9 Å². The Hall–Kier alpha value is -1.30. The van der Waals surface area contributed by atoms with Crippen LogP contribution in [0.5, 0.6) is 0 Å². The van der Waals surface area contributed by atoms with Crippen LogP contribution in [0.15, 0.2) is 18.2 Å². The molecule has 1 unspecified atom stereocenters. The molecule has 24 heavy (non-hydrogen) atoms. The van der Waals surface area contributed by atoms with Gasteiger partial charge in [-0.25, -0.2) is 0 Å². The number of hydrogen-bond donors (Lipinski definition) is 2. The smallest absolute Gasteiger partial charge is 0.306 e. The summed E-state index contributed by atoms with van der Waals surface area (Å²) in [4.78, 5) is 25.4. The number of aliphatic carboxylic acids is 1. The number of carboxylic acids is 1. The first-order chi connectivity index (χ1) is 11.5. The Bertz CT molecular complexity index is 645. The van der Waals surface area contributed by atoms with Gasteiger partial charge in [-0.1, -0.05) is 23.2 Å². The van der Waals surface area contributed by atoms with Gasteiger partial charge < -0.3 is 15.3 Å². The van der Waals surface area contributed by atoms with Crippen LogP contribution >= 0.6 is 23.2 Å². The Labute approximate surface area is 150 Å². The molecule has 0 spiro atoms. The molecule has 3 rings (SSSR count). The highest BCUT2D eigenvalue weighted by molar-refractivity contribution is 6.42. The minimum absolute atomic E-state index is 0.0359. The number of hydrogen-bond acceptors (Lipinski definition) is 3. The van der Waals surface area contributed by atoms with Crippen LogP contribution in [0.1, 0.15) is 32.1 Å². The predicted octanol–water partition coefficient (Wildman–Crippen LogP) is 3.33. The van der Waals surface area contributed by atoms with E-state index in [0.29, 0.717) is 29.4 Å². The van der Waals surface area contributed by atoms with Gasteiger partial charge in [0, 0.05) is 18.3 Å². The third kappa shape index (κ3) is 3.68. The molecule has 2 fully saturated rings. The van der Waals surface area contributed by atoms with Gasteiger partial charge in [0.1, 0.15) is 0 Å². The summed E-state index contributed by atoms with van der Waals surface area (Å²) >= 11 is 12.0. The number of carbonyl (C=O) groups is 2. The molecule has 1 saturated heterocycles. The van der Waals surface area contributed by atoms with E-state index < -0.39 is 5.97 Å². The molecule has 5 nitrogen and oxygen atoms in total. The highest BCUT2D eigenvalue weighted by Crippen LogP contribution is 2.30. The first-order valence-corrected chi connectivity index (χ1v) is 8.96. The SMILES string of the molecule is O=C(O)C1CCC(NC2CCN(c3ccc(Cl)c(Cl)c3)C2=O)CC1. The van der Waals surface area contributed by atoms with Gasteiger partial charge in [-0.3, -0.25) is 9.59 Å². The minimum atomic E-state index is -0.712. The fourth-order valence-electron chi connectivity index (χ4n) is 3.54. The lowest BCUT2D eigenvalue weighted by Crippen LogP contribution is -2.45. The molecule has 7 heteroatoms. The van der Waals surface area contributed by atoms with Gasteiger partial charge in [0.2, 0.25) is 5.91 Å².